The van der Waals surface area contributed by atoms with Crippen molar-refractivity contribution < 1.29 is 33.0 Å². The zero-order chi connectivity index (χ0) is 34.3. The number of aliphatic carboxylic acids is 1. The molecule has 250 valence electrons. The first-order chi connectivity index (χ1) is 22.4. The van der Waals surface area contributed by atoms with Crippen LogP contribution in [0.5, 0.6) is 11.5 Å². The van der Waals surface area contributed by atoms with Gasteiger partial charge in [-0.25, -0.2) is 8.78 Å². The van der Waals surface area contributed by atoms with E-state index in [2.05, 4.69) is 30.0 Å². The van der Waals surface area contributed by atoms with Gasteiger partial charge in [0.15, 0.2) is 0 Å². The molecule has 1 heterocycles. The summed E-state index contributed by atoms with van der Waals surface area (Å²) in [7, 11) is 3.32. The highest BCUT2D eigenvalue weighted by atomic mass is 19.1. The van der Waals surface area contributed by atoms with E-state index in [9.17, 15) is 18.4 Å². The number of nitrogens with zero attached hydrogens (tertiary/aromatic N) is 1. The van der Waals surface area contributed by atoms with E-state index in [-0.39, 0.29) is 18.0 Å². The van der Waals surface area contributed by atoms with E-state index in [0.29, 0.717) is 42.9 Å². The molecule has 1 amide bonds. The Morgan fingerprint density at radius 2 is 1.66 bits per heavy atom. The third-order valence-corrected chi connectivity index (χ3v) is 8.88. The summed E-state index contributed by atoms with van der Waals surface area (Å²) >= 11 is 0. The molecule has 2 unspecified atom stereocenters. The van der Waals surface area contributed by atoms with Crippen LogP contribution in [0.1, 0.15) is 66.6 Å². The molecule has 1 aliphatic rings. The zero-order valence-electron chi connectivity index (χ0n) is 27.7. The summed E-state index contributed by atoms with van der Waals surface area (Å²) in [4.78, 5) is 24.1. The van der Waals surface area contributed by atoms with Gasteiger partial charge in [-0.3, -0.25) is 14.5 Å². The van der Waals surface area contributed by atoms with Crippen molar-refractivity contribution in [2.24, 2.45) is 5.73 Å². The second-order valence-corrected chi connectivity index (χ2v) is 12.3. The number of carbonyl (C=O) groups is 2. The van der Waals surface area contributed by atoms with Crippen LogP contribution >= 0.6 is 0 Å². The molecule has 2 atom stereocenters. The molecule has 9 heteroatoms. The van der Waals surface area contributed by atoms with Gasteiger partial charge in [-0.05, 0) is 90.8 Å². The fourth-order valence-electron chi connectivity index (χ4n) is 6.45. The van der Waals surface area contributed by atoms with E-state index in [1.807, 2.05) is 30.3 Å². The average Bonchev–Trinajstić information content (AvgIpc) is 3.03. The molecule has 7 nitrogen and oxygen atoms in total. The fraction of sp³-hybridized carbons (Fsp3) is 0.368. The van der Waals surface area contributed by atoms with E-state index >= 15 is 0 Å². The number of hydrogen-bond acceptors (Lipinski definition) is 5. The average molecular weight is 647 g/mol. The molecule has 0 spiro atoms. The number of piperidine rings is 1. The van der Waals surface area contributed by atoms with Crippen LogP contribution in [-0.2, 0) is 17.8 Å². The van der Waals surface area contributed by atoms with Crippen LogP contribution in [0.2, 0.25) is 0 Å². The summed E-state index contributed by atoms with van der Waals surface area (Å²) < 4.78 is 39.2. The minimum atomic E-state index is -1.10. The summed E-state index contributed by atoms with van der Waals surface area (Å²) in [6.45, 7) is 6.90. The maximum atomic E-state index is 14.6. The number of rotatable bonds is 10. The van der Waals surface area contributed by atoms with Gasteiger partial charge in [-0.2, -0.15) is 0 Å². The van der Waals surface area contributed by atoms with Crippen molar-refractivity contribution >= 4 is 22.6 Å². The number of halogens is 2. The predicted molar refractivity (Wildman–Crippen MR) is 181 cm³/mol. The molecular weight excluding hydrogens is 602 g/mol. The maximum Gasteiger partial charge on any atom is 0.303 e. The van der Waals surface area contributed by atoms with Crippen LogP contribution < -0.4 is 15.2 Å². The van der Waals surface area contributed by atoms with Crippen molar-refractivity contribution in [3.8, 4) is 22.6 Å². The van der Waals surface area contributed by atoms with Crippen LogP contribution in [0, 0.1) is 12.7 Å². The van der Waals surface area contributed by atoms with Gasteiger partial charge in [0.25, 0.3) is 5.91 Å². The first-order valence-electron chi connectivity index (χ1n) is 15.8. The molecule has 0 saturated carbocycles. The van der Waals surface area contributed by atoms with Crippen molar-refractivity contribution in [1.29, 1.82) is 0 Å². The Labute approximate surface area is 275 Å². The largest absolute Gasteiger partial charge is 0.496 e. The van der Waals surface area contributed by atoms with E-state index in [1.54, 1.807) is 34.1 Å². The minimum absolute atomic E-state index is 0.0208. The SMILES string of the molecule is CCC1CC(C)(F)CCN1Cc1cc(OC)c(-c2cccc3c(CCC(=O)O)cccc23)c(OC)c1.Cc1cccc(F)c1C(N)=O. The number of ether oxygens (including phenoxy) is 2. The van der Waals surface area contributed by atoms with Gasteiger partial charge in [0, 0.05) is 25.6 Å². The van der Waals surface area contributed by atoms with Gasteiger partial charge < -0.3 is 20.3 Å². The molecule has 0 aliphatic carbocycles. The highest BCUT2D eigenvalue weighted by Crippen LogP contribution is 2.44. The third-order valence-electron chi connectivity index (χ3n) is 8.88. The Morgan fingerprint density at radius 3 is 2.23 bits per heavy atom. The van der Waals surface area contributed by atoms with Crippen LogP contribution in [0.3, 0.4) is 0 Å². The molecule has 1 aliphatic heterocycles. The topological polar surface area (TPSA) is 102 Å². The Balaban J connectivity index is 0.000000385. The first kappa shape index (κ1) is 35.4. The number of benzene rings is 4. The number of methoxy groups -OCH3 is 2. The zero-order valence-corrected chi connectivity index (χ0v) is 27.7. The molecule has 5 rings (SSSR count). The second-order valence-electron chi connectivity index (χ2n) is 12.3. The predicted octanol–water partition coefficient (Wildman–Crippen LogP) is 7.88. The van der Waals surface area contributed by atoms with Crippen LogP contribution in [-0.4, -0.2) is 54.4 Å². The van der Waals surface area contributed by atoms with Gasteiger partial charge >= 0.3 is 5.97 Å². The summed E-state index contributed by atoms with van der Waals surface area (Å²) in [5, 5.41) is 11.2. The smallest absolute Gasteiger partial charge is 0.303 e. The fourth-order valence-corrected chi connectivity index (χ4v) is 6.45. The molecule has 4 aromatic rings. The number of alkyl halides is 1. The lowest BCUT2D eigenvalue weighted by Gasteiger charge is -2.41. The van der Waals surface area contributed by atoms with E-state index in [0.717, 1.165) is 46.0 Å². The molecule has 4 aromatic carbocycles. The van der Waals surface area contributed by atoms with E-state index < -0.39 is 23.4 Å². The minimum Gasteiger partial charge on any atom is -0.496 e. The number of carbonyl (C=O) groups excluding carboxylic acids is 1. The number of fused-ring (bicyclic) bond motifs is 1. The normalized spacial score (nSPS) is 17.9. The van der Waals surface area contributed by atoms with E-state index in [4.69, 9.17) is 20.3 Å². The summed E-state index contributed by atoms with van der Waals surface area (Å²) in [5.41, 5.74) is 8.29. The van der Waals surface area contributed by atoms with Gasteiger partial charge in [0.1, 0.15) is 23.0 Å². The monoisotopic (exact) mass is 646 g/mol. The summed E-state index contributed by atoms with van der Waals surface area (Å²) in [6.07, 6.45) is 2.55. The third kappa shape index (κ3) is 8.46. The molecule has 1 fully saturated rings. The standard InChI is InChI=1S/C30H36FNO4.C8H8FNO/c1-5-22-18-30(2,31)14-15-32(22)19-20-16-26(35-3)29(27(17-20)36-4)25-11-7-9-23-21(12-13-28(33)34)8-6-10-24(23)25;1-5-3-2-4-6(9)7(5)8(10)11/h6-11,16-17,22H,5,12-15,18-19H2,1-4H3,(H,33,34);2-4H,1H3,(H2,10,11). The first-order valence-corrected chi connectivity index (χ1v) is 15.8. The molecule has 3 N–H and O–H groups in total. The lowest BCUT2D eigenvalue weighted by molar-refractivity contribution is -0.136. The number of nitrogens with two attached hydrogens (primary N) is 1. The number of primary amides is 1. The number of hydrogen-bond donors (Lipinski definition) is 2. The molecular formula is C38H44F2N2O5. The number of amides is 1. The second kappa shape index (κ2) is 15.4. The van der Waals surface area contributed by atoms with Crippen LogP contribution in [0.4, 0.5) is 8.78 Å². The lowest BCUT2D eigenvalue weighted by Crippen LogP contribution is -2.46. The Bertz CT molecular complexity index is 1690. The Kier molecular flexibility index (Phi) is 11.6. The van der Waals surface area contributed by atoms with Gasteiger partial charge in [-0.15, -0.1) is 0 Å². The lowest BCUT2D eigenvalue weighted by atomic mass is 9.88. The number of carboxylic acid groups (broad SMARTS) is 1. The van der Waals surface area contributed by atoms with Gasteiger partial charge in [0.05, 0.1) is 25.3 Å². The molecule has 0 aromatic heterocycles. The Hall–Kier alpha value is -4.50. The maximum absolute atomic E-state index is 14.6. The molecule has 0 bridgehead atoms. The van der Waals surface area contributed by atoms with Crippen molar-refractivity contribution in [1.82, 2.24) is 4.90 Å². The van der Waals surface area contributed by atoms with Crippen LogP contribution in [0.15, 0.2) is 66.7 Å². The summed E-state index contributed by atoms with van der Waals surface area (Å²) in [6, 6.07) is 20.8. The van der Waals surface area contributed by atoms with Gasteiger partial charge in [0.2, 0.25) is 0 Å². The number of carboxylic acids is 1. The van der Waals surface area contributed by atoms with Crippen molar-refractivity contribution in [3.63, 3.8) is 0 Å². The molecule has 0 radical (unpaired) electrons. The highest BCUT2D eigenvalue weighted by Gasteiger charge is 2.35. The summed E-state index contributed by atoms with van der Waals surface area (Å²) in [5.74, 6) is -0.656. The highest BCUT2D eigenvalue weighted by molar-refractivity contribution is 6.01. The van der Waals surface area contributed by atoms with Crippen molar-refractivity contribution in [3.05, 3.63) is 94.8 Å². The Morgan fingerprint density at radius 1 is 1.02 bits per heavy atom. The van der Waals surface area contributed by atoms with Crippen molar-refractivity contribution in [2.45, 2.75) is 71.1 Å². The molecule has 1 saturated heterocycles. The number of likely N-dealkylation sites (tertiary alicyclic amines) is 1. The quantitative estimate of drug-likeness (QED) is 0.182. The molecule has 47 heavy (non-hydrogen) atoms. The van der Waals surface area contributed by atoms with Crippen LogP contribution in [0.25, 0.3) is 21.9 Å². The van der Waals surface area contributed by atoms with E-state index in [1.165, 1.54) is 12.1 Å². The van der Waals surface area contributed by atoms with Crippen molar-refractivity contribution in [2.75, 3.05) is 20.8 Å². The van der Waals surface area contributed by atoms with Gasteiger partial charge in [-0.1, -0.05) is 55.5 Å². The number of aryl methyl sites for hydroxylation is 2.